The van der Waals surface area contributed by atoms with Gasteiger partial charge in [0.2, 0.25) is 5.91 Å². The van der Waals surface area contributed by atoms with E-state index in [0.29, 0.717) is 13.0 Å². The number of hydrogen-bond donors (Lipinski definition) is 1. The Hall–Kier alpha value is -2.30. The SMILES string of the molecule is CCCCCNC(=O)Cc1ccc(OCc2c(C)noc2C)cc1. The van der Waals surface area contributed by atoms with Gasteiger partial charge in [-0.2, -0.15) is 0 Å². The van der Waals surface area contributed by atoms with E-state index < -0.39 is 0 Å². The molecule has 0 bridgehead atoms. The van der Waals surface area contributed by atoms with Crippen LogP contribution in [0.4, 0.5) is 0 Å². The summed E-state index contributed by atoms with van der Waals surface area (Å²) in [6.07, 6.45) is 3.75. The number of rotatable bonds is 9. The second-order valence-electron chi connectivity index (χ2n) is 5.97. The van der Waals surface area contributed by atoms with Gasteiger partial charge in [0.15, 0.2) is 0 Å². The van der Waals surface area contributed by atoms with E-state index >= 15 is 0 Å². The van der Waals surface area contributed by atoms with Gasteiger partial charge < -0.3 is 14.6 Å². The average molecular weight is 330 g/mol. The van der Waals surface area contributed by atoms with Crippen LogP contribution in [-0.4, -0.2) is 17.6 Å². The predicted octanol–water partition coefficient (Wildman–Crippen LogP) is 3.72. The van der Waals surface area contributed by atoms with Gasteiger partial charge in [-0.15, -0.1) is 0 Å². The van der Waals surface area contributed by atoms with Crippen LogP contribution in [0, 0.1) is 13.8 Å². The van der Waals surface area contributed by atoms with Crippen LogP contribution in [0.2, 0.25) is 0 Å². The predicted molar refractivity (Wildman–Crippen MR) is 93.0 cm³/mol. The van der Waals surface area contributed by atoms with E-state index in [9.17, 15) is 4.79 Å². The Morgan fingerprint density at radius 2 is 1.96 bits per heavy atom. The van der Waals surface area contributed by atoms with Gasteiger partial charge in [-0.25, -0.2) is 0 Å². The number of aromatic nitrogens is 1. The lowest BCUT2D eigenvalue weighted by atomic mass is 10.1. The smallest absolute Gasteiger partial charge is 0.224 e. The first kappa shape index (κ1) is 18.0. The zero-order valence-electron chi connectivity index (χ0n) is 14.7. The highest BCUT2D eigenvalue weighted by molar-refractivity contribution is 5.78. The quantitative estimate of drug-likeness (QED) is 0.712. The van der Waals surface area contributed by atoms with Crippen LogP contribution in [0.5, 0.6) is 5.75 Å². The summed E-state index contributed by atoms with van der Waals surface area (Å²) in [4.78, 5) is 11.9. The Kier molecular flexibility index (Phi) is 6.85. The van der Waals surface area contributed by atoms with Crippen LogP contribution in [-0.2, 0) is 17.8 Å². The summed E-state index contributed by atoms with van der Waals surface area (Å²) in [7, 11) is 0. The molecule has 0 radical (unpaired) electrons. The largest absolute Gasteiger partial charge is 0.489 e. The molecule has 24 heavy (non-hydrogen) atoms. The van der Waals surface area contributed by atoms with Crippen LogP contribution in [0.25, 0.3) is 0 Å². The maximum atomic E-state index is 11.9. The average Bonchev–Trinajstić information content (AvgIpc) is 2.89. The van der Waals surface area contributed by atoms with Gasteiger partial charge in [-0.05, 0) is 38.0 Å². The Bertz CT molecular complexity index is 628. The van der Waals surface area contributed by atoms with Crippen molar-refractivity contribution in [1.29, 1.82) is 0 Å². The van der Waals surface area contributed by atoms with Gasteiger partial charge in [-0.1, -0.05) is 37.1 Å². The molecular weight excluding hydrogens is 304 g/mol. The Morgan fingerprint density at radius 1 is 1.21 bits per heavy atom. The lowest BCUT2D eigenvalue weighted by Crippen LogP contribution is -2.26. The van der Waals surface area contributed by atoms with E-state index in [1.807, 2.05) is 38.1 Å². The van der Waals surface area contributed by atoms with Gasteiger partial charge in [0.1, 0.15) is 18.1 Å². The van der Waals surface area contributed by atoms with Crippen LogP contribution in [0.15, 0.2) is 28.8 Å². The number of aryl methyl sites for hydroxylation is 2. The molecule has 5 heteroatoms. The molecule has 0 spiro atoms. The summed E-state index contributed by atoms with van der Waals surface area (Å²) in [5, 5.41) is 6.86. The number of carbonyl (C=O) groups excluding carboxylic acids is 1. The number of ether oxygens (including phenoxy) is 1. The van der Waals surface area contributed by atoms with Gasteiger partial charge in [0, 0.05) is 6.54 Å². The fraction of sp³-hybridized carbons (Fsp3) is 0.474. The van der Waals surface area contributed by atoms with Crippen LogP contribution in [0.3, 0.4) is 0 Å². The third-order valence-corrected chi connectivity index (χ3v) is 3.95. The summed E-state index contributed by atoms with van der Waals surface area (Å²) < 4.78 is 10.9. The van der Waals surface area contributed by atoms with Crippen molar-refractivity contribution in [3.63, 3.8) is 0 Å². The molecule has 1 aromatic carbocycles. The van der Waals surface area contributed by atoms with Gasteiger partial charge in [0.25, 0.3) is 0 Å². The molecule has 1 aromatic heterocycles. The molecule has 0 aliphatic rings. The standard InChI is InChI=1S/C19H26N2O3/c1-4-5-6-11-20-19(22)12-16-7-9-17(10-8-16)23-13-18-14(2)21-24-15(18)3/h7-10H,4-6,11-13H2,1-3H3,(H,20,22). The summed E-state index contributed by atoms with van der Waals surface area (Å²) in [5.41, 5.74) is 2.81. The molecule has 5 nitrogen and oxygen atoms in total. The van der Waals surface area contributed by atoms with Crippen molar-refractivity contribution in [3.05, 3.63) is 46.8 Å². The van der Waals surface area contributed by atoms with E-state index in [1.54, 1.807) is 0 Å². The highest BCUT2D eigenvalue weighted by atomic mass is 16.5. The molecule has 0 saturated carbocycles. The minimum absolute atomic E-state index is 0.0653. The van der Waals surface area contributed by atoms with Gasteiger partial charge >= 0.3 is 0 Å². The second-order valence-corrected chi connectivity index (χ2v) is 5.97. The Labute approximate surface area is 143 Å². The maximum Gasteiger partial charge on any atom is 0.224 e. The van der Waals surface area contributed by atoms with Crippen LogP contribution in [0.1, 0.15) is 48.8 Å². The molecule has 0 aliphatic carbocycles. The number of nitrogens with zero attached hydrogens (tertiary/aromatic N) is 1. The number of hydrogen-bond acceptors (Lipinski definition) is 4. The van der Waals surface area contributed by atoms with Crippen molar-refractivity contribution < 1.29 is 14.1 Å². The number of benzene rings is 1. The first-order valence-electron chi connectivity index (χ1n) is 8.50. The summed E-state index contributed by atoms with van der Waals surface area (Å²) >= 11 is 0. The Morgan fingerprint density at radius 3 is 2.58 bits per heavy atom. The van der Waals surface area contributed by atoms with Crippen molar-refractivity contribution in [2.24, 2.45) is 0 Å². The fourth-order valence-electron chi connectivity index (χ4n) is 2.42. The molecule has 2 aromatic rings. The third kappa shape index (κ3) is 5.41. The molecule has 1 heterocycles. The van der Waals surface area contributed by atoms with Crippen molar-refractivity contribution in [3.8, 4) is 5.75 Å². The zero-order chi connectivity index (χ0) is 17.4. The maximum absolute atomic E-state index is 11.9. The van der Waals surface area contributed by atoms with E-state index in [4.69, 9.17) is 9.26 Å². The van der Waals surface area contributed by atoms with Gasteiger partial charge in [0.05, 0.1) is 17.7 Å². The summed E-state index contributed by atoms with van der Waals surface area (Å²) in [5.74, 6) is 1.61. The van der Waals surface area contributed by atoms with E-state index in [-0.39, 0.29) is 5.91 Å². The van der Waals surface area contributed by atoms with Crippen molar-refractivity contribution >= 4 is 5.91 Å². The topological polar surface area (TPSA) is 64.4 Å². The fourth-order valence-corrected chi connectivity index (χ4v) is 2.42. The zero-order valence-corrected chi connectivity index (χ0v) is 14.7. The van der Waals surface area contributed by atoms with Crippen LogP contribution < -0.4 is 10.1 Å². The minimum atomic E-state index is 0.0653. The monoisotopic (exact) mass is 330 g/mol. The third-order valence-electron chi connectivity index (χ3n) is 3.95. The number of carbonyl (C=O) groups is 1. The number of amides is 1. The van der Waals surface area contributed by atoms with E-state index in [2.05, 4.69) is 17.4 Å². The Balaban J connectivity index is 1.79. The molecule has 1 amide bonds. The van der Waals surface area contributed by atoms with Crippen molar-refractivity contribution in [2.45, 2.75) is 53.1 Å². The molecule has 130 valence electrons. The van der Waals surface area contributed by atoms with Crippen molar-refractivity contribution in [2.75, 3.05) is 6.54 Å². The number of unbranched alkanes of at least 4 members (excludes halogenated alkanes) is 2. The normalized spacial score (nSPS) is 10.6. The lowest BCUT2D eigenvalue weighted by molar-refractivity contribution is -0.120. The second kappa shape index (κ2) is 9.11. The number of nitrogens with one attached hydrogen (secondary N) is 1. The first-order chi connectivity index (χ1) is 11.6. The van der Waals surface area contributed by atoms with E-state index in [0.717, 1.165) is 54.1 Å². The molecule has 0 atom stereocenters. The molecule has 0 fully saturated rings. The molecule has 0 aliphatic heterocycles. The highest BCUT2D eigenvalue weighted by Crippen LogP contribution is 2.18. The van der Waals surface area contributed by atoms with Crippen molar-refractivity contribution in [1.82, 2.24) is 10.5 Å². The first-order valence-corrected chi connectivity index (χ1v) is 8.50. The summed E-state index contributed by atoms with van der Waals surface area (Å²) in [6, 6.07) is 7.62. The van der Waals surface area contributed by atoms with E-state index in [1.165, 1.54) is 0 Å². The molecule has 0 unspecified atom stereocenters. The molecule has 2 rings (SSSR count). The van der Waals surface area contributed by atoms with Crippen LogP contribution >= 0.6 is 0 Å². The molecular formula is C19H26N2O3. The highest BCUT2D eigenvalue weighted by Gasteiger charge is 2.09. The molecule has 0 saturated heterocycles. The lowest BCUT2D eigenvalue weighted by Gasteiger charge is -2.08. The van der Waals surface area contributed by atoms with Gasteiger partial charge in [-0.3, -0.25) is 4.79 Å². The summed E-state index contributed by atoms with van der Waals surface area (Å²) in [6.45, 7) is 7.11. The molecule has 1 N–H and O–H groups in total. The minimum Gasteiger partial charge on any atom is -0.489 e.